The Hall–Kier alpha value is -1.88. The molecule has 4 heteroatoms. The lowest BCUT2D eigenvalue weighted by molar-refractivity contribution is 0.0862. The monoisotopic (exact) mass is 534 g/mol. The van der Waals surface area contributed by atoms with Crippen LogP contribution < -0.4 is 0 Å². The molecular weight excluding hydrogens is 484 g/mol. The zero-order chi connectivity index (χ0) is 27.8. The minimum absolute atomic E-state index is 0.235. The minimum atomic E-state index is -0.639. The van der Waals surface area contributed by atoms with E-state index in [0.29, 0.717) is 30.6 Å². The highest BCUT2D eigenvalue weighted by atomic mass is 16.3. The molecule has 5 rings (SSSR count). The summed E-state index contributed by atoms with van der Waals surface area (Å²) < 4.78 is 6.19. The number of allylic oxidation sites excluding steroid dienone is 4. The average molecular weight is 535 g/mol. The summed E-state index contributed by atoms with van der Waals surface area (Å²) in [6.07, 6.45) is 19.3. The quantitative estimate of drug-likeness (QED) is 0.290. The van der Waals surface area contributed by atoms with Gasteiger partial charge in [0, 0.05) is 12.8 Å². The first-order chi connectivity index (χ1) is 18.7. The first-order valence-electron chi connectivity index (χ1n) is 15.6. The average Bonchev–Trinajstić information content (AvgIpc) is 3.44. The molecule has 1 aromatic rings. The van der Waals surface area contributed by atoms with Crippen LogP contribution in [-0.4, -0.2) is 33.6 Å². The van der Waals surface area contributed by atoms with Crippen molar-refractivity contribution < 1.29 is 19.7 Å². The summed E-state index contributed by atoms with van der Waals surface area (Å²) in [6, 6.07) is 4.19. The van der Waals surface area contributed by atoms with Gasteiger partial charge in [-0.05, 0) is 104 Å². The van der Waals surface area contributed by atoms with Crippen LogP contribution in [0.1, 0.15) is 103 Å². The van der Waals surface area contributed by atoms with E-state index in [9.17, 15) is 15.3 Å². The number of aryl methyl sites for hydroxylation is 1. The SMILES string of the molecule is C=C1C(=CC=C2CCC[C@]3(C)[C@@H]([C@H](C)C=C[C@H](O)C4(c5ccc(CCCC)o5)CC4)CC[C@@H]23)C[C@@H](O)C[C@@H]1O. The third-order valence-electron chi connectivity index (χ3n) is 10.8. The molecule has 0 aromatic carbocycles. The van der Waals surface area contributed by atoms with E-state index in [0.717, 1.165) is 61.2 Å². The third-order valence-corrected chi connectivity index (χ3v) is 10.8. The molecule has 4 fully saturated rings. The number of aliphatic hydroxyl groups excluding tert-OH is 3. The van der Waals surface area contributed by atoms with E-state index in [4.69, 9.17) is 4.42 Å². The maximum atomic E-state index is 11.3. The maximum Gasteiger partial charge on any atom is 0.113 e. The summed E-state index contributed by atoms with van der Waals surface area (Å²) in [5, 5.41) is 31.6. The standard InChI is InChI=1S/C35H50O4/c1-5-6-9-28-13-17-33(39-28)35(19-20-35)32(38)16-10-23(2)29-14-15-30-25(8-7-18-34(29,30)4)11-12-26-21-27(36)22-31(37)24(26)3/h10-13,16-17,23,27,29-32,36-38H,3,5-9,14-15,18-22H2,1-2,4H3/t23-,27-,29-,30+,31+,32+,34-/m1/s1. The van der Waals surface area contributed by atoms with Crippen LogP contribution >= 0.6 is 0 Å². The van der Waals surface area contributed by atoms with Gasteiger partial charge in [-0.1, -0.05) is 63.6 Å². The Morgan fingerprint density at radius 3 is 2.67 bits per heavy atom. The number of furan rings is 1. The molecule has 1 heterocycles. The molecule has 0 saturated heterocycles. The minimum Gasteiger partial charge on any atom is -0.465 e. The predicted molar refractivity (Wildman–Crippen MR) is 157 cm³/mol. The molecule has 0 bridgehead atoms. The zero-order valence-electron chi connectivity index (χ0n) is 24.4. The van der Waals surface area contributed by atoms with Gasteiger partial charge in [-0.15, -0.1) is 0 Å². The Bertz CT molecular complexity index is 1120. The van der Waals surface area contributed by atoms with Crippen LogP contribution in [-0.2, 0) is 11.8 Å². The van der Waals surface area contributed by atoms with Crippen LogP contribution in [0, 0.1) is 23.2 Å². The molecule has 0 radical (unpaired) electrons. The summed E-state index contributed by atoms with van der Waals surface area (Å²) in [5.74, 6) is 3.58. The summed E-state index contributed by atoms with van der Waals surface area (Å²) >= 11 is 0. The summed E-state index contributed by atoms with van der Waals surface area (Å²) in [7, 11) is 0. The first-order valence-corrected chi connectivity index (χ1v) is 15.6. The van der Waals surface area contributed by atoms with E-state index in [1.807, 2.05) is 0 Å². The highest BCUT2D eigenvalue weighted by Gasteiger charge is 2.53. The van der Waals surface area contributed by atoms with Crippen molar-refractivity contribution in [3.8, 4) is 0 Å². The second kappa shape index (κ2) is 11.5. The van der Waals surface area contributed by atoms with Crippen molar-refractivity contribution in [2.45, 2.75) is 122 Å². The number of aliphatic hydroxyl groups is 3. The van der Waals surface area contributed by atoms with Gasteiger partial charge in [0.05, 0.1) is 23.7 Å². The van der Waals surface area contributed by atoms with Crippen LogP contribution in [0.3, 0.4) is 0 Å². The van der Waals surface area contributed by atoms with Crippen molar-refractivity contribution >= 4 is 0 Å². The lowest BCUT2D eigenvalue weighted by atomic mass is 9.61. The predicted octanol–water partition coefficient (Wildman–Crippen LogP) is 7.35. The Morgan fingerprint density at radius 2 is 1.92 bits per heavy atom. The molecule has 214 valence electrons. The van der Waals surface area contributed by atoms with Gasteiger partial charge in [0.2, 0.25) is 0 Å². The molecule has 0 amide bonds. The fourth-order valence-corrected chi connectivity index (χ4v) is 8.16. The topological polar surface area (TPSA) is 73.8 Å². The van der Waals surface area contributed by atoms with E-state index in [-0.39, 0.29) is 10.8 Å². The number of fused-ring (bicyclic) bond motifs is 1. The largest absolute Gasteiger partial charge is 0.465 e. The van der Waals surface area contributed by atoms with Gasteiger partial charge < -0.3 is 19.7 Å². The summed E-state index contributed by atoms with van der Waals surface area (Å²) in [4.78, 5) is 0. The summed E-state index contributed by atoms with van der Waals surface area (Å²) in [6.45, 7) is 11.1. The Morgan fingerprint density at radius 1 is 1.13 bits per heavy atom. The second-order valence-corrected chi connectivity index (χ2v) is 13.4. The molecular formula is C35H50O4. The number of hydrogen-bond acceptors (Lipinski definition) is 4. The van der Waals surface area contributed by atoms with Gasteiger partial charge in [0.15, 0.2) is 0 Å². The van der Waals surface area contributed by atoms with E-state index in [1.54, 1.807) is 0 Å². The fraction of sp³-hybridized carbons (Fsp3) is 0.657. The molecule has 4 saturated carbocycles. The molecule has 3 N–H and O–H groups in total. The second-order valence-electron chi connectivity index (χ2n) is 13.4. The van der Waals surface area contributed by atoms with Crippen molar-refractivity contribution in [2.24, 2.45) is 23.2 Å². The van der Waals surface area contributed by atoms with Crippen molar-refractivity contribution in [2.75, 3.05) is 0 Å². The van der Waals surface area contributed by atoms with Gasteiger partial charge in [-0.3, -0.25) is 0 Å². The molecule has 0 aliphatic heterocycles. The zero-order valence-corrected chi connectivity index (χ0v) is 24.4. The van der Waals surface area contributed by atoms with Crippen molar-refractivity contribution in [1.82, 2.24) is 0 Å². The number of hydrogen-bond donors (Lipinski definition) is 3. The molecule has 39 heavy (non-hydrogen) atoms. The maximum absolute atomic E-state index is 11.3. The first kappa shape index (κ1) is 28.6. The highest BCUT2D eigenvalue weighted by Crippen LogP contribution is 2.60. The van der Waals surface area contributed by atoms with E-state index >= 15 is 0 Å². The highest BCUT2D eigenvalue weighted by molar-refractivity contribution is 5.39. The van der Waals surface area contributed by atoms with Gasteiger partial charge >= 0.3 is 0 Å². The molecule has 0 spiro atoms. The Labute approximate surface area is 235 Å². The van der Waals surface area contributed by atoms with Crippen LogP contribution in [0.2, 0.25) is 0 Å². The van der Waals surface area contributed by atoms with E-state index in [1.165, 1.54) is 31.3 Å². The van der Waals surface area contributed by atoms with E-state index in [2.05, 4.69) is 63.8 Å². The molecule has 7 atom stereocenters. The molecule has 4 nitrogen and oxygen atoms in total. The lowest BCUT2D eigenvalue weighted by Gasteiger charge is -2.44. The Kier molecular flexibility index (Phi) is 8.48. The Balaban J connectivity index is 1.26. The van der Waals surface area contributed by atoms with Crippen molar-refractivity contribution in [1.29, 1.82) is 0 Å². The van der Waals surface area contributed by atoms with Gasteiger partial charge in [0.25, 0.3) is 0 Å². The van der Waals surface area contributed by atoms with Gasteiger partial charge in [-0.25, -0.2) is 0 Å². The van der Waals surface area contributed by atoms with Gasteiger partial charge in [-0.2, -0.15) is 0 Å². The normalized spacial score (nSPS) is 36.0. The van der Waals surface area contributed by atoms with Crippen LogP contribution in [0.15, 0.2) is 64.2 Å². The number of rotatable bonds is 9. The summed E-state index contributed by atoms with van der Waals surface area (Å²) in [5.41, 5.74) is 3.29. The lowest BCUT2D eigenvalue weighted by Crippen LogP contribution is -2.35. The van der Waals surface area contributed by atoms with Crippen LogP contribution in [0.25, 0.3) is 0 Å². The fourth-order valence-electron chi connectivity index (χ4n) is 8.16. The molecule has 4 aliphatic carbocycles. The number of unbranched alkanes of at least 4 members (excludes halogenated alkanes) is 1. The smallest absolute Gasteiger partial charge is 0.113 e. The van der Waals surface area contributed by atoms with Crippen LogP contribution in [0.5, 0.6) is 0 Å². The molecule has 4 aliphatic rings. The van der Waals surface area contributed by atoms with Crippen LogP contribution in [0.4, 0.5) is 0 Å². The van der Waals surface area contributed by atoms with Gasteiger partial charge in [0.1, 0.15) is 11.5 Å². The molecule has 0 unspecified atom stereocenters. The molecule has 1 aromatic heterocycles. The van der Waals surface area contributed by atoms with Crippen molar-refractivity contribution in [3.05, 3.63) is 71.3 Å². The van der Waals surface area contributed by atoms with E-state index < -0.39 is 18.3 Å². The third kappa shape index (κ3) is 5.67. The van der Waals surface area contributed by atoms with Crippen molar-refractivity contribution in [3.63, 3.8) is 0 Å².